The molecule has 2 aromatic carbocycles. The first-order chi connectivity index (χ1) is 15.4. The number of nitrogens with zero attached hydrogens (tertiary/aromatic N) is 2. The second-order valence-electron chi connectivity index (χ2n) is 8.33. The number of amides is 1. The third-order valence-electron chi connectivity index (χ3n) is 5.32. The molecule has 0 radical (unpaired) electrons. The number of aliphatic imine (C=N–C) groups is 1. The molecule has 0 bridgehead atoms. The summed E-state index contributed by atoms with van der Waals surface area (Å²) in [6.07, 6.45) is 0.917. The van der Waals surface area contributed by atoms with E-state index in [2.05, 4.69) is 10.6 Å². The van der Waals surface area contributed by atoms with Crippen molar-refractivity contribution in [2.45, 2.75) is 46.4 Å². The Morgan fingerprint density at radius 3 is 2.64 bits per heavy atom. The Hall–Kier alpha value is -2.36. The van der Waals surface area contributed by atoms with E-state index in [1.54, 1.807) is 6.07 Å². The molecule has 180 valence electrons. The molecule has 2 aromatic rings. The molecule has 1 aliphatic rings. The Kier molecular flexibility index (Phi) is 10.9. The van der Waals surface area contributed by atoms with Gasteiger partial charge < -0.3 is 20.3 Å². The average molecular weight is 568 g/mol. The fourth-order valence-electron chi connectivity index (χ4n) is 3.61. The third kappa shape index (κ3) is 8.49. The van der Waals surface area contributed by atoms with E-state index in [4.69, 9.17) is 9.73 Å². The molecular formula is C25H34FIN4O2. The highest BCUT2D eigenvalue weighted by atomic mass is 127. The van der Waals surface area contributed by atoms with Crippen LogP contribution in [0, 0.1) is 11.7 Å². The standard InChI is InChI=1S/C25H33FN4O2.HI/c1-4-27-25(29-22-12-13-30(16-22)24(31)18(2)3)28-15-19-8-10-23(11-9-19)32-17-20-6-5-7-21(26)14-20;/h5-11,14,18,22H,4,12-13,15-17H2,1-3H3,(H2,27,28,29);1H. The number of guanidine groups is 1. The van der Waals surface area contributed by atoms with Gasteiger partial charge in [-0.3, -0.25) is 4.79 Å². The molecule has 1 amide bonds. The zero-order valence-corrected chi connectivity index (χ0v) is 21.8. The summed E-state index contributed by atoms with van der Waals surface area (Å²) in [6, 6.07) is 14.4. The molecule has 0 aromatic heterocycles. The van der Waals surface area contributed by atoms with Gasteiger partial charge >= 0.3 is 0 Å². The number of nitrogens with one attached hydrogen (secondary N) is 2. The quantitative estimate of drug-likeness (QED) is 0.283. The Bertz CT molecular complexity index is 921. The Balaban J connectivity index is 0.00000385. The lowest BCUT2D eigenvalue weighted by atomic mass is 10.2. The molecule has 1 heterocycles. The van der Waals surface area contributed by atoms with E-state index in [1.165, 1.54) is 12.1 Å². The van der Waals surface area contributed by atoms with Crippen LogP contribution in [0.4, 0.5) is 4.39 Å². The Morgan fingerprint density at radius 2 is 1.97 bits per heavy atom. The predicted molar refractivity (Wildman–Crippen MR) is 140 cm³/mol. The summed E-state index contributed by atoms with van der Waals surface area (Å²) in [5, 5.41) is 6.74. The number of benzene rings is 2. The number of carbonyl (C=O) groups excluding carboxylic acids is 1. The van der Waals surface area contributed by atoms with Gasteiger partial charge in [-0.05, 0) is 48.7 Å². The first kappa shape index (κ1) is 26.9. The molecule has 2 N–H and O–H groups in total. The van der Waals surface area contributed by atoms with Gasteiger partial charge in [0.25, 0.3) is 0 Å². The van der Waals surface area contributed by atoms with Crippen molar-refractivity contribution in [2.75, 3.05) is 19.6 Å². The minimum Gasteiger partial charge on any atom is -0.489 e. The number of carbonyl (C=O) groups is 1. The van der Waals surface area contributed by atoms with Crippen LogP contribution >= 0.6 is 24.0 Å². The molecule has 1 aliphatic heterocycles. The van der Waals surface area contributed by atoms with Crippen LogP contribution in [0.2, 0.25) is 0 Å². The SMILES string of the molecule is CCNC(=NCc1ccc(OCc2cccc(F)c2)cc1)NC1CCN(C(=O)C(C)C)C1.I. The minimum atomic E-state index is -0.263. The van der Waals surface area contributed by atoms with Gasteiger partial charge in [0.15, 0.2) is 5.96 Å². The number of ether oxygens (including phenoxy) is 1. The van der Waals surface area contributed by atoms with Crippen LogP contribution in [-0.2, 0) is 17.9 Å². The van der Waals surface area contributed by atoms with Crippen molar-refractivity contribution in [3.63, 3.8) is 0 Å². The van der Waals surface area contributed by atoms with Gasteiger partial charge in [0, 0.05) is 31.6 Å². The van der Waals surface area contributed by atoms with E-state index < -0.39 is 0 Å². The summed E-state index contributed by atoms with van der Waals surface area (Å²) >= 11 is 0. The number of rotatable bonds is 8. The molecule has 3 rings (SSSR count). The lowest BCUT2D eigenvalue weighted by Gasteiger charge is -2.20. The van der Waals surface area contributed by atoms with E-state index in [0.717, 1.165) is 42.3 Å². The van der Waals surface area contributed by atoms with Crippen LogP contribution in [0.25, 0.3) is 0 Å². The molecule has 1 fully saturated rings. The topological polar surface area (TPSA) is 66.0 Å². The molecule has 1 atom stereocenters. The molecule has 33 heavy (non-hydrogen) atoms. The van der Waals surface area contributed by atoms with Gasteiger partial charge in [0.2, 0.25) is 5.91 Å². The minimum absolute atomic E-state index is 0. The number of hydrogen-bond acceptors (Lipinski definition) is 3. The number of hydrogen-bond donors (Lipinski definition) is 2. The summed E-state index contributed by atoms with van der Waals surface area (Å²) in [5.74, 6) is 1.45. The third-order valence-corrected chi connectivity index (χ3v) is 5.32. The van der Waals surface area contributed by atoms with Crippen LogP contribution in [-0.4, -0.2) is 42.4 Å². The van der Waals surface area contributed by atoms with E-state index in [1.807, 2.05) is 56.0 Å². The highest BCUT2D eigenvalue weighted by Gasteiger charge is 2.27. The summed E-state index contributed by atoms with van der Waals surface area (Å²) in [5.41, 5.74) is 1.85. The van der Waals surface area contributed by atoms with Gasteiger partial charge in [-0.1, -0.05) is 38.1 Å². The van der Waals surface area contributed by atoms with Crippen molar-refractivity contribution in [1.82, 2.24) is 15.5 Å². The van der Waals surface area contributed by atoms with E-state index in [9.17, 15) is 9.18 Å². The fourth-order valence-corrected chi connectivity index (χ4v) is 3.61. The Morgan fingerprint density at radius 1 is 1.21 bits per heavy atom. The number of halogens is 2. The molecule has 6 nitrogen and oxygen atoms in total. The highest BCUT2D eigenvalue weighted by Crippen LogP contribution is 2.16. The van der Waals surface area contributed by atoms with E-state index >= 15 is 0 Å². The maximum Gasteiger partial charge on any atom is 0.225 e. The van der Waals surface area contributed by atoms with Gasteiger partial charge in [-0.15, -0.1) is 24.0 Å². The van der Waals surface area contributed by atoms with Crippen molar-refractivity contribution in [3.05, 3.63) is 65.5 Å². The smallest absolute Gasteiger partial charge is 0.225 e. The average Bonchev–Trinajstić information content (AvgIpc) is 3.25. The van der Waals surface area contributed by atoms with Gasteiger partial charge in [0.1, 0.15) is 18.2 Å². The lowest BCUT2D eigenvalue weighted by Crippen LogP contribution is -2.45. The largest absolute Gasteiger partial charge is 0.489 e. The zero-order chi connectivity index (χ0) is 22.9. The predicted octanol–water partition coefficient (Wildman–Crippen LogP) is 4.33. The van der Waals surface area contributed by atoms with Crippen LogP contribution in [0.3, 0.4) is 0 Å². The van der Waals surface area contributed by atoms with Crippen molar-refractivity contribution in [3.8, 4) is 5.75 Å². The Labute approximate surface area is 213 Å². The van der Waals surface area contributed by atoms with Gasteiger partial charge in [-0.2, -0.15) is 0 Å². The normalized spacial score (nSPS) is 15.8. The molecule has 8 heteroatoms. The fraction of sp³-hybridized carbons (Fsp3) is 0.440. The van der Waals surface area contributed by atoms with Crippen molar-refractivity contribution < 1.29 is 13.9 Å². The molecule has 1 unspecified atom stereocenters. The lowest BCUT2D eigenvalue weighted by molar-refractivity contribution is -0.133. The summed E-state index contributed by atoms with van der Waals surface area (Å²) in [6.45, 7) is 9.01. The van der Waals surface area contributed by atoms with Crippen molar-refractivity contribution >= 4 is 35.8 Å². The van der Waals surface area contributed by atoms with Crippen LogP contribution in [0.1, 0.15) is 38.3 Å². The molecule has 0 saturated carbocycles. The number of likely N-dealkylation sites (tertiary alicyclic amines) is 1. The van der Waals surface area contributed by atoms with Gasteiger partial charge in [-0.25, -0.2) is 9.38 Å². The van der Waals surface area contributed by atoms with Crippen molar-refractivity contribution in [1.29, 1.82) is 0 Å². The zero-order valence-electron chi connectivity index (χ0n) is 19.5. The molecular weight excluding hydrogens is 534 g/mol. The summed E-state index contributed by atoms with van der Waals surface area (Å²) < 4.78 is 19.0. The van der Waals surface area contributed by atoms with Gasteiger partial charge in [0.05, 0.1) is 6.54 Å². The first-order valence-electron chi connectivity index (χ1n) is 11.2. The van der Waals surface area contributed by atoms with Crippen molar-refractivity contribution in [2.24, 2.45) is 10.9 Å². The summed E-state index contributed by atoms with van der Waals surface area (Å²) in [7, 11) is 0. The second kappa shape index (κ2) is 13.4. The highest BCUT2D eigenvalue weighted by molar-refractivity contribution is 14.0. The van der Waals surface area contributed by atoms with Crippen LogP contribution in [0.5, 0.6) is 5.75 Å². The maximum atomic E-state index is 13.3. The second-order valence-corrected chi connectivity index (χ2v) is 8.33. The monoisotopic (exact) mass is 568 g/mol. The van der Waals surface area contributed by atoms with Crippen LogP contribution in [0.15, 0.2) is 53.5 Å². The van der Waals surface area contributed by atoms with Crippen LogP contribution < -0.4 is 15.4 Å². The molecule has 0 spiro atoms. The van der Waals surface area contributed by atoms with E-state index in [0.29, 0.717) is 19.7 Å². The first-order valence-corrected chi connectivity index (χ1v) is 11.2. The molecule has 0 aliphatic carbocycles. The maximum absolute atomic E-state index is 13.3. The van der Waals surface area contributed by atoms with E-state index in [-0.39, 0.29) is 47.7 Å². The summed E-state index contributed by atoms with van der Waals surface area (Å²) in [4.78, 5) is 18.8. The molecule has 1 saturated heterocycles.